The summed E-state index contributed by atoms with van der Waals surface area (Å²) in [6.45, 7) is 4.04. The highest BCUT2D eigenvalue weighted by Crippen LogP contribution is 2.26. The largest absolute Gasteiger partial charge is 0.422 e. The number of ether oxygens (including phenoxy) is 1. The molecule has 1 aromatic carbocycles. The summed E-state index contributed by atoms with van der Waals surface area (Å²) >= 11 is 5.96. The summed E-state index contributed by atoms with van der Waals surface area (Å²) in [6.07, 6.45) is 1.64. The molecule has 1 aromatic heterocycles. The number of rotatable bonds is 3. The summed E-state index contributed by atoms with van der Waals surface area (Å²) < 4.78 is 7.19. The summed E-state index contributed by atoms with van der Waals surface area (Å²) in [6, 6.07) is 7.79. The lowest BCUT2D eigenvalue weighted by Gasteiger charge is -2.03. The lowest BCUT2D eigenvalue weighted by molar-refractivity contribution is 0.426. The van der Waals surface area contributed by atoms with Crippen LogP contribution in [0.15, 0.2) is 30.6 Å². The Morgan fingerprint density at radius 3 is 2.69 bits per heavy atom. The molecule has 0 aliphatic rings. The van der Waals surface area contributed by atoms with Crippen molar-refractivity contribution >= 4 is 11.6 Å². The molecular formula is C11H12ClN3O. The fourth-order valence-electron chi connectivity index (χ4n) is 1.18. The molecule has 0 atom stereocenters. The second kappa shape index (κ2) is 4.53. The molecule has 2 rings (SSSR count). The monoisotopic (exact) mass is 237 g/mol. The zero-order chi connectivity index (χ0) is 11.5. The lowest BCUT2D eigenvalue weighted by atomic mass is 10.3. The first kappa shape index (κ1) is 11.0. The summed E-state index contributed by atoms with van der Waals surface area (Å²) in [7, 11) is 0. The molecule has 1 heterocycles. The van der Waals surface area contributed by atoms with E-state index in [1.807, 2.05) is 26.0 Å². The van der Waals surface area contributed by atoms with Crippen LogP contribution >= 0.6 is 11.6 Å². The maximum Gasteiger partial charge on any atom is 0.341 e. The van der Waals surface area contributed by atoms with Crippen molar-refractivity contribution in [3.05, 3.63) is 35.6 Å². The van der Waals surface area contributed by atoms with Crippen LogP contribution in [0.3, 0.4) is 0 Å². The molecule has 0 saturated heterocycles. The van der Waals surface area contributed by atoms with Gasteiger partial charge in [0.25, 0.3) is 0 Å². The summed E-state index contributed by atoms with van der Waals surface area (Å²) in [5.41, 5.74) is 0. The molecule has 0 spiro atoms. The first-order chi connectivity index (χ1) is 7.66. The van der Waals surface area contributed by atoms with Gasteiger partial charge in [0, 0.05) is 6.04 Å². The summed E-state index contributed by atoms with van der Waals surface area (Å²) in [5.74, 6) is 0.561. The van der Waals surface area contributed by atoms with Gasteiger partial charge in [-0.3, -0.25) is 0 Å². The van der Waals surface area contributed by atoms with E-state index < -0.39 is 0 Å². The fraction of sp³-hybridized carbons (Fsp3) is 0.273. The van der Waals surface area contributed by atoms with Gasteiger partial charge in [0.1, 0.15) is 12.1 Å². The first-order valence-electron chi connectivity index (χ1n) is 5.00. The van der Waals surface area contributed by atoms with Crippen molar-refractivity contribution in [1.82, 2.24) is 14.8 Å². The smallest absolute Gasteiger partial charge is 0.341 e. The highest BCUT2D eigenvalue weighted by Gasteiger charge is 2.07. The number of para-hydroxylation sites is 1. The zero-order valence-electron chi connectivity index (χ0n) is 9.09. The molecule has 0 unspecified atom stereocenters. The van der Waals surface area contributed by atoms with Crippen molar-refractivity contribution in [3.63, 3.8) is 0 Å². The molecule has 84 valence electrons. The third-order valence-electron chi connectivity index (χ3n) is 2.05. The maximum atomic E-state index is 5.96. The van der Waals surface area contributed by atoms with E-state index in [1.165, 1.54) is 0 Å². The Kier molecular flexibility index (Phi) is 3.10. The average molecular weight is 238 g/mol. The van der Waals surface area contributed by atoms with Crippen molar-refractivity contribution in [1.29, 1.82) is 0 Å². The van der Waals surface area contributed by atoms with Gasteiger partial charge in [-0.05, 0) is 26.0 Å². The van der Waals surface area contributed by atoms with E-state index in [-0.39, 0.29) is 6.04 Å². The highest BCUT2D eigenvalue weighted by atomic mass is 35.5. The molecule has 0 aliphatic heterocycles. The molecule has 16 heavy (non-hydrogen) atoms. The number of hydrogen-bond donors (Lipinski definition) is 0. The van der Waals surface area contributed by atoms with Crippen LogP contribution in [0.25, 0.3) is 0 Å². The molecule has 0 aliphatic carbocycles. The van der Waals surface area contributed by atoms with E-state index in [0.29, 0.717) is 16.8 Å². The molecule has 2 aromatic rings. The second-order valence-electron chi connectivity index (χ2n) is 3.63. The third-order valence-corrected chi connectivity index (χ3v) is 2.37. The van der Waals surface area contributed by atoms with E-state index in [9.17, 15) is 0 Å². The van der Waals surface area contributed by atoms with Gasteiger partial charge >= 0.3 is 6.01 Å². The maximum absolute atomic E-state index is 5.96. The van der Waals surface area contributed by atoms with E-state index in [2.05, 4.69) is 10.1 Å². The Labute approximate surface area is 98.8 Å². The van der Waals surface area contributed by atoms with Gasteiger partial charge in [-0.2, -0.15) is 4.98 Å². The normalized spacial score (nSPS) is 10.8. The number of aromatic nitrogens is 3. The van der Waals surface area contributed by atoms with Crippen LogP contribution < -0.4 is 4.74 Å². The molecule has 0 bridgehead atoms. The predicted octanol–water partition coefficient (Wildman–Crippen LogP) is 3.30. The molecular weight excluding hydrogens is 226 g/mol. The average Bonchev–Trinajstić information content (AvgIpc) is 2.70. The fourth-order valence-corrected chi connectivity index (χ4v) is 1.35. The Balaban J connectivity index is 2.18. The molecule has 0 saturated carbocycles. The van der Waals surface area contributed by atoms with Crippen LogP contribution in [0.1, 0.15) is 19.9 Å². The van der Waals surface area contributed by atoms with Crippen LogP contribution in [0, 0.1) is 0 Å². The Hall–Kier alpha value is -1.55. The van der Waals surface area contributed by atoms with E-state index in [1.54, 1.807) is 23.1 Å². The zero-order valence-corrected chi connectivity index (χ0v) is 9.85. The van der Waals surface area contributed by atoms with Crippen LogP contribution in [0.5, 0.6) is 11.8 Å². The predicted molar refractivity (Wildman–Crippen MR) is 61.9 cm³/mol. The minimum absolute atomic E-state index is 0.260. The van der Waals surface area contributed by atoms with E-state index in [4.69, 9.17) is 16.3 Å². The number of hydrogen-bond acceptors (Lipinski definition) is 3. The second-order valence-corrected chi connectivity index (χ2v) is 4.04. The van der Waals surface area contributed by atoms with Gasteiger partial charge in [0.15, 0.2) is 0 Å². The quantitative estimate of drug-likeness (QED) is 0.822. The van der Waals surface area contributed by atoms with Crippen molar-refractivity contribution < 1.29 is 4.74 Å². The Morgan fingerprint density at radius 1 is 1.31 bits per heavy atom. The van der Waals surface area contributed by atoms with Gasteiger partial charge in [0.2, 0.25) is 0 Å². The van der Waals surface area contributed by atoms with Crippen molar-refractivity contribution in [3.8, 4) is 11.8 Å². The topological polar surface area (TPSA) is 39.9 Å². The van der Waals surface area contributed by atoms with Crippen LogP contribution in [0.2, 0.25) is 5.02 Å². The van der Waals surface area contributed by atoms with Crippen molar-refractivity contribution in [2.75, 3.05) is 0 Å². The molecule has 5 heteroatoms. The van der Waals surface area contributed by atoms with E-state index in [0.717, 1.165) is 0 Å². The van der Waals surface area contributed by atoms with Crippen LogP contribution in [0.4, 0.5) is 0 Å². The van der Waals surface area contributed by atoms with Gasteiger partial charge in [-0.1, -0.05) is 23.7 Å². The lowest BCUT2D eigenvalue weighted by Crippen LogP contribution is -2.00. The van der Waals surface area contributed by atoms with Crippen molar-refractivity contribution in [2.24, 2.45) is 0 Å². The standard InChI is InChI=1S/C11H12ClN3O/c1-8(2)15-7-13-11(14-15)16-10-6-4-3-5-9(10)12/h3-8H,1-2H3. The molecule has 0 N–H and O–H groups in total. The molecule has 0 fully saturated rings. The van der Waals surface area contributed by atoms with Gasteiger partial charge in [-0.15, -0.1) is 5.10 Å². The Bertz CT molecular complexity index is 482. The van der Waals surface area contributed by atoms with Gasteiger partial charge in [-0.25, -0.2) is 4.68 Å². The SMILES string of the molecule is CC(C)n1cnc(Oc2ccccc2Cl)n1. The van der Waals surface area contributed by atoms with Crippen LogP contribution in [-0.4, -0.2) is 14.8 Å². The van der Waals surface area contributed by atoms with Crippen molar-refractivity contribution in [2.45, 2.75) is 19.9 Å². The molecule has 0 radical (unpaired) electrons. The molecule has 4 nitrogen and oxygen atoms in total. The third kappa shape index (κ3) is 2.33. The van der Waals surface area contributed by atoms with Gasteiger partial charge < -0.3 is 4.74 Å². The summed E-state index contributed by atoms with van der Waals surface area (Å²) in [4.78, 5) is 4.04. The van der Waals surface area contributed by atoms with Crippen LogP contribution in [-0.2, 0) is 0 Å². The minimum atomic E-state index is 0.260. The number of nitrogens with zero attached hydrogens (tertiary/aromatic N) is 3. The minimum Gasteiger partial charge on any atom is -0.422 e. The first-order valence-corrected chi connectivity index (χ1v) is 5.38. The van der Waals surface area contributed by atoms with E-state index >= 15 is 0 Å². The highest BCUT2D eigenvalue weighted by molar-refractivity contribution is 6.32. The molecule has 0 amide bonds. The van der Waals surface area contributed by atoms with Gasteiger partial charge in [0.05, 0.1) is 5.02 Å². The number of benzene rings is 1. The Morgan fingerprint density at radius 2 is 2.06 bits per heavy atom. The summed E-state index contributed by atoms with van der Waals surface area (Å²) in [5, 5.41) is 4.72. The number of halogens is 1.